The Morgan fingerprint density at radius 2 is 1.96 bits per heavy atom. The molecule has 2 N–H and O–H groups in total. The number of carboxylic acid groups (broad SMARTS) is 1. The van der Waals surface area contributed by atoms with Gasteiger partial charge in [0.05, 0.1) is 34.9 Å². The quantitative estimate of drug-likeness (QED) is 0.798. The number of aromatic carboxylic acids is 1. The van der Waals surface area contributed by atoms with Gasteiger partial charge in [-0.2, -0.15) is 0 Å². The molecule has 0 aliphatic carbocycles. The maximum absolute atomic E-state index is 10.9. The van der Waals surface area contributed by atoms with Crippen LogP contribution in [0.5, 0.6) is 5.75 Å². The molecule has 2 aromatic rings. The number of carbonyl (C=O) groups is 1. The smallest absolute Gasteiger partial charge is 0.335 e. The predicted molar refractivity (Wildman–Crippen MR) is 100 cm³/mol. The average molecular weight is 396 g/mol. The second kappa shape index (κ2) is 8.73. The average Bonchev–Trinajstić information content (AvgIpc) is 2.88. The van der Waals surface area contributed by atoms with E-state index in [-0.39, 0.29) is 17.6 Å². The van der Waals surface area contributed by atoms with Crippen LogP contribution in [0.2, 0.25) is 10.0 Å². The van der Waals surface area contributed by atoms with E-state index >= 15 is 0 Å². The molecule has 1 fully saturated rings. The third kappa shape index (κ3) is 4.68. The SMILES string of the molecule is O=C(O)c1ccc(OCC2CNCCOC2c2ccc(Cl)c(Cl)c2)cc1. The van der Waals surface area contributed by atoms with E-state index in [0.717, 1.165) is 18.7 Å². The standard InChI is InChI=1S/C19H19Cl2NO4/c20-16-6-3-13(9-17(16)21)18-14(10-22-7-8-25-18)11-26-15-4-1-12(2-5-15)19(23)24/h1-6,9,14,18,22H,7-8,10-11H2,(H,23,24). The van der Waals surface area contributed by atoms with Crippen molar-refractivity contribution in [1.29, 1.82) is 0 Å². The Kier molecular flexibility index (Phi) is 6.38. The molecule has 1 aliphatic heterocycles. The molecular weight excluding hydrogens is 377 g/mol. The Bertz CT molecular complexity index is 767. The molecule has 1 saturated heterocycles. The van der Waals surface area contributed by atoms with Gasteiger partial charge in [-0.25, -0.2) is 4.79 Å². The number of hydrogen-bond acceptors (Lipinski definition) is 4. The van der Waals surface area contributed by atoms with Gasteiger partial charge in [-0.15, -0.1) is 0 Å². The highest BCUT2D eigenvalue weighted by molar-refractivity contribution is 6.42. The highest BCUT2D eigenvalue weighted by atomic mass is 35.5. The van der Waals surface area contributed by atoms with E-state index in [0.29, 0.717) is 29.0 Å². The van der Waals surface area contributed by atoms with Crippen LogP contribution in [0.1, 0.15) is 22.0 Å². The molecule has 2 aromatic carbocycles. The Balaban J connectivity index is 1.72. The second-order valence-electron chi connectivity index (χ2n) is 6.07. The van der Waals surface area contributed by atoms with Gasteiger partial charge in [-0.05, 0) is 42.0 Å². The fourth-order valence-electron chi connectivity index (χ4n) is 2.89. The van der Waals surface area contributed by atoms with Crippen molar-refractivity contribution >= 4 is 29.2 Å². The number of hydrogen-bond donors (Lipinski definition) is 2. The molecular formula is C19H19Cl2NO4. The lowest BCUT2D eigenvalue weighted by Gasteiger charge is -2.25. The van der Waals surface area contributed by atoms with Crippen LogP contribution in [-0.4, -0.2) is 37.4 Å². The minimum Gasteiger partial charge on any atom is -0.493 e. The summed E-state index contributed by atoms with van der Waals surface area (Å²) >= 11 is 12.2. The van der Waals surface area contributed by atoms with Gasteiger partial charge in [-0.1, -0.05) is 29.3 Å². The first kappa shape index (κ1) is 19.0. The van der Waals surface area contributed by atoms with Crippen molar-refractivity contribution < 1.29 is 19.4 Å². The third-order valence-corrected chi connectivity index (χ3v) is 4.99. The van der Waals surface area contributed by atoms with E-state index in [1.54, 1.807) is 18.2 Å². The normalized spacial score (nSPS) is 20.4. The third-order valence-electron chi connectivity index (χ3n) is 4.25. The lowest BCUT2D eigenvalue weighted by atomic mass is 9.96. The van der Waals surface area contributed by atoms with Crippen molar-refractivity contribution in [2.75, 3.05) is 26.3 Å². The molecule has 26 heavy (non-hydrogen) atoms. The van der Waals surface area contributed by atoms with Gasteiger partial charge < -0.3 is 19.9 Å². The fraction of sp³-hybridized carbons (Fsp3) is 0.316. The zero-order chi connectivity index (χ0) is 18.5. The minimum absolute atomic E-state index is 0.0638. The van der Waals surface area contributed by atoms with Crippen LogP contribution in [0.3, 0.4) is 0 Å². The molecule has 1 aliphatic rings. The number of carboxylic acids is 1. The maximum atomic E-state index is 10.9. The number of rotatable bonds is 5. The highest BCUT2D eigenvalue weighted by Crippen LogP contribution is 2.32. The first-order valence-electron chi connectivity index (χ1n) is 8.28. The lowest BCUT2D eigenvalue weighted by molar-refractivity contribution is 0.0153. The van der Waals surface area contributed by atoms with Crippen LogP contribution in [0.15, 0.2) is 42.5 Å². The molecule has 3 rings (SSSR count). The Labute approximate surface area is 161 Å². The Morgan fingerprint density at radius 1 is 1.19 bits per heavy atom. The van der Waals surface area contributed by atoms with E-state index in [4.69, 9.17) is 37.8 Å². The van der Waals surface area contributed by atoms with Gasteiger partial charge in [0.25, 0.3) is 0 Å². The van der Waals surface area contributed by atoms with E-state index in [1.807, 2.05) is 12.1 Å². The Hall–Kier alpha value is -1.79. The van der Waals surface area contributed by atoms with Gasteiger partial charge >= 0.3 is 5.97 Å². The van der Waals surface area contributed by atoms with Crippen LogP contribution < -0.4 is 10.1 Å². The largest absolute Gasteiger partial charge is 0.493 e. The van der Waals surface area contributed by atoms with Crippen molar-refractivity contribution in [3.63, 3.8) is 0 Å². The lowest BCUT2D eigenvalue weighted by Crippen LogP contribution is -2.29. The van der Waals surface area contributed by atoms with Crippen molar-refractivity contribution in [2.45, 2.75) is 6.10 Å². The topological polar surface area (TPSA) is 67.8 Å². The summed E-state index contributed by atoms with van der Waals surface area (Å²) in [4.78, 5) is 10.9. The van der Waals surface area contributed by atoms with Gasteiger partial charge in [0.2, 0.25) is 0 Å². The predicted octanol–water partition coefficient (Wildman–Crippen LogP) is 4.05. The van der Waals surface area contributed by atoms with Crippen LogP contribution in [0.4, 0.5) is 0 Å². The molecule has 2 atom stereocenters. The summed E-state index contributed by atoms with van der Waals surface area (Å²) in [5.41, 5.74) is 1.18. The van der Waals surface area contributed by atoms with Gasteiger partial charge in [0, 0.05) is 19.0 Å². The molecule has 5 nitrogen and oxygen atoms in total. The fourth-order valence-corrected chi connectivity index (χ4v) is 3.20. The molecule has 7 heteroatoms. The molecule has 138 valence electrons. The molecule has 0 bridgehead atoms. The van der Waals surface area contributed by atoms with E-state index in [1.165, 1.54) is 12.1 Å². The van der Waals surface area contributed by atoms with Gasteiger partial charge in [-0.3, -0.25) is 0 Å². The molecule has 1 heterocycles. The molecule has 0 amide bonds. The maximum Gasteiger partial charge on any atom is 0.335 e. The first-order valence-corrected chi connectivity index (χ1v) is 9.03. The van der Waals surface area contributed by atoms with E-state index < -0.39 is 5.97 Å². The summed E-state index contributed by atoms with van der Waals surface area (Å²) in [5.74, 6) is -0.279. The molecule has 0 radical (unpaired) electrons. The number of halogens is 2. The molecule has 0 spiro atoms. The van der Waals surface area contributed by atoms with Gasteiger partial charge in [0.1, 0.15) is 5.75 Å². The summed E-state index contributed by atoms with van der Waals surface area (Å²) < 4.78 is 11.9. The number of ether oxygens (including phenoxy) is 2. The zero-order valence-electron chi connectivity index (χ0n) is 14.0. The van der Waals surface area contributed by atoms with Crippen molar-refractivity contribution in [1.82, 2.24) is 5.32 Å². The molecule has 2 unspecified atom stereocenters. The summed E-state index contributed by atoms with van der Waals surface area (Å²) in [6, 6.07) is 11.9. The van der Waals surface area contributed by atoms with E-state index in [9.17, 15) is 4.79 Å². The molecule has 0 saturated carbocycles. The van der Waals surface area contributed by atoms with Crippen molar-refractivity contribution in [3.8, 4) is 5.75 Å². The van der Waals surface area contributed by atoms with Gasteiger partial charge in [0.15, 0.2) is 0 Å². The summed E-state index contributed by atoms with van der Waals surface area (Å²) in [7, 11) is 0. The second-order valence-corrected chi connectivity index (χ2v) is 6.88. The van der Waals surface area contributed by atoms with Crippen LogP contribution in [0.25, 0.3) is 0 Å². The number of nitrogens with one attached hydrogen (secondary N) is 1. The first-order chi connectivity index (χ1) is 12.5. The highest BCUT2D eigenvalue weighted by Gasteiger charge is 2.27. The van der Waals surface area contributed by atoms with Crippen LogP contribution in [0, 0.1) is 5.92 Å². The van der Waals surface area contributed by atoms with Crippen molar-refractivity contribution in [3.05, 3.63) is 63.6 Å². The minimum atomic E-state index is -0.961. The van der Waals surface area contributed by atoms with E-state index in [2.05, 4.69) is 5.32 Å². The summed E-state index contributed by atoms with van der Waals surface area (Å²) in [6.07, 6.45) is -0.168. The van der Waals surface area contributed by atoms with Crippen LogP contribution in [-0.2, 0) is 4.74 Å². The number of benzene rings is 2. The molecule has 0 aromatic heterocycles. The zero-order valence-corrected chi connectivity index (χ0v) is 15.5. The summed E-state index contributed by atoms with van der Waals surface area (Å²) in [5, 5.41) is 13.3. The monoisotopic (exact) mass is 395 g/mol. The summed E-state index contributed by atoms with van der Waals surface area (Å²) in [6.45, 7) is 2.51. The van der Waals surface area contributed by atoms with Crippen LogP contribution >= 0.6 is 23.2 Å². The Morgan fingerprint density at radius 3 is 2.65 bits per heavy atom. The van der Waals surface area contributed by atoms with Crippen molar-refractivity contribution in [2.24, 2.45) is 5.92 Å².